The molecule has 1 aromatic heterocycles. The SMILES string of the molecule is Cc1cc(N(C)C)n[c]n1. The molecule has 3 nitrogen and oxygen atoms in total. The molecule has 0 atom stereocenters. The van der Waals surface area contributed by atoms with E-state index in [1.165, 1.54) is 0 Å². The molecule has 1 radical (unpaired) electrons. The molecule has 3 heteroatoms. The van der Waals surface area contributed by atoms with Gasteiger partial charge in [-0.05, 0) is 6.92 Å². The second-order valence-corrected chi connectivity index (χ2v) is 2.36. The lowest BCUT2D eigenvalue weighted by atomic mass is 10.4. The maximum atomic E-state index is 3.93. The topological polar surface area (TPSA) is 29.0 Å². The van der Waals surface area contributed by atoms with Crippen LogP contribution in [0.4, 0.5) is 5.82 Å². The second-order valence-electron chi connectivity index (χ2n) is 2.36. The highest BCUT2D eigenvalue weighted by atomic mass is 15.1. The van der Waals surface area contributed by atoms with Crippen molar-refractivity contribution >= 4 is 5.82 Å². The first-order chi connectivity index (χ1) is 4.70. The van der Waals surface area contributed by atoms with Gasteiger partial charge in [-0.25, -0.2) is 9.97 Å². The van der Waals surface area contributed by atoms with Crippen molar-refractivity contribution in [2.75, 3.05) is 19.0 Å². The predicted octanol–water partition coefficient (Wildman–Crippen LogP) is 0.651. The smallest absolute Gasteiger partial charge is 0.200 e. The first-order valence-electron chi connectivity index (χ1n) is 3.09. The largest absolute Gasteiger partial charge is 0.363 e. The summed E-state index contributed by atoms with van der Waals surface area (Å²) < 4.78 is 0. The number of aromatic nitrogens is 2. The fraction of sp³-hybridized carbons (Fsp3) is 0.429. The molecule has 0 aliphatic rings. The predicted molar refractivity (Wildman–Crippen MR) is 39.9 cm³/mol. The standard InChI is InChI=1S/C7H10N3/c1-6-4-7(10(2)3)9-5-8-6/h4H,1-3H3. The average molecular weight is 136 g/mol. The fourth-order valence-electron chi connectivity index (χ4n) is 0.636. The normalized spacial score (nSPS) is 9.50. The minimum absolute atomic E-state index is 0.896. The molecule has 0 saturated carbocycles. The summed E-state index contributed by atoms with van der Waals surface area (Å²) in [6.07, 6.45) is 2.57. The fourth-order valence-corrected chi connectivity index (χ4v) is 0.636. The molecule has 0 amide bonds. The van der Waals surface area contributed by atoms with E-state index in [1.54, 1.807) is 0 Å². The Balaban J connectivity index is 2.96. The van der Waals surface area contributed by atoms with Crippen LogP contribution in [0.5, 0.6) is 0 Å². The van der Waals surface area contributed by atoms with Gasteiger partial charge in [0.25, 0.3) is 0 Å². The molecule has 1 rings (SSSR count). The van der Waals surface area contributed by atoms with Gasteiger partial charge in [0.2, 0.25) is 0 Å². The Morgan fingerprint density at radius 3 is 2.50 bits per heavy atom. The van der Waals surface area contributed by atoms with E-state index in [1.807, 2.05) is 32.0 Å². The zero-order valence-corrected chi connectivity index (χ0v) is 6.42. The maximum absolute atomic E-state index is 3.93. The molecule has 0 aliphatic carbocycles. The lowest BCUT2D eigenvalue weighted by Crippen LogP contribution is -2.10. The zero-order valence-electron chi connectivity index (χ0n) is 6.42. The molecule has 0 unspecified atom stereocenters. The lowest BCUT2D eigenvalue weighted by molar-refractivity contribution is 1.01. The van der Waals surface area contributed by atoms with Gasteiger partial charge in [-0.2, -0.15) is 0 Å². The molecule has 0 aromatic carbocycles. The number of aryl methyl sites for hydroxylation is 1. The number of nitrogens with zero attached hydrogens (tertiary/aromatic N) is 3. The Labute approximate surface area is 60.7 Å². The number of hydrogen-bond acceptors (Lipinski definition) is 3. The van der Waals surface area contributed by atoms with Crippen molar-refractivity contribution < 1.29 is 0 Å². The molecule has 0 bridgehead atoms. The summed E-state index contributed by atoms with van der Waals surface area (Å²) in [6, 6.07) is 1.91. The van der Waals surface area contributed by atoms with Gasteiger partial charge in [0.1, 0.15) is 5.82 Å². The monoisotopic (exact) mass is 136 g/mol. The van der Waals surface area contributed by atoms with Crippen molar-refractivity contribution in [1.82, 2.24) is 9.97 Å². The summed E-state index contributed by atoms with van der Waals surface area (Å²) in [5.74, 6) is 0.896. The van der Waals surface area contributed by atoms with Crippen molar-refractivity contribution in [2.45, 2.75) is 6.92 Å². The third-order valence-corrected chi connectivity index (χ3v) is 1.19. The van der Waals surface area contributed by atoms with E-state index in [4.69, 9.17) is 0 Å². The van der Waals surface area contributed by atoms with E-state index in [0.29, 0.717) is 0 Å². The van der Waals surface area contributed by atoms with Crippen molar-refractivity contribution in [3.05, 3.63) is 18.1 Å². The molecule has 0 saturated heterocycles. The minimum atomic E-state index is 0.896. The number of rotatable bonds is 1. The highest BCUT2D eigenvalue weighted by Crippen LogP contribution is 2.04. The molecule has 0 N–H and O–H groups in total. The van der Waals surface area contributed by atoms with Crippen LogP contribution in [-0.2, 0) is 0 Å². The second kappa shape index (κ2) is 2.64. The van der Waals surface area contributed by atoms with Crippen LogP contribution in [0.3, 0.4) is 0 Å². The van der Waals surface area contributed by atoms with Crippen LogP contribution in [0.25, 0.3) is 0 Å². The number of hydrogen-bond donors (Lipinski definition) is 0. The highest BCUT2D eigenvalue weighted by Gasteiger charge is 1.95. The van der Waals surface area contributed by atoms with Gasteiger partial charge >= 0.3 is 0 Å². The van der Waals surface area contributed by atoms with E-state index in [9.17, 15) is 0 Å². The van der Waals surface area contributed by atoms with Crippen LogP contribution in [0.15, 0.2) is 6.07 Å². The minimum Gasteiger partial charge on any atom is -0.363 e. The lowest BCUT2D eigenvalue weighted by Gasteiger charge is -2.09. The molecular weight excluding hydrogens is 126 g/mol. The van der Waals surface area contributed by atoms with Crippen molar-refractivity contribution in [3.63, 3.8) is 0 Å². The number of anilines is 1. The molecule has 0 fully saturated rings. The average Bonchev–Trinajstić information content (AvgIpc) is 1.88. The maximum Gasteiger partial charge on any atom is 0.200 e. The van der Waals surface area contributed by atoms with Crippen molar-refractivity contribution in [1.29, 1.82) is 0 Å². The Morgan fingerprint density at radius 1 is 1.40 bits per heavy atom. The summed E-state index contributed by atoms with van der Waals surface area (Å²) in [4.78, 5) is 9.71. The van der Waals surface area contributed by atoms with E-state index >= 15 is 0 Å². The van der Waals surface area contributed by atoms with Crippen molar-refractivity contribution in [2.24, 2.45) is 0 Å². The summed E-state index contributed by atoms with van der Waals surface area (Å²) in [5, 5.41) is 0. The molecule has 0 aliphatic heterocycles. The van der Waals surface area contributed by atoms with Gasteiger partial charge in [0.15, 0.2) is 6.33 Å². The van der Waals surface area contributed by atoms with Crippen LogP contribution in [-0.4, -0.2) is 24.1 Å². The molecule has 1 heterocycles. The van der Waals surface area contributed by atoms with Gasteiger partial charge in [-0.3, -0.25) is 0 Å². The van der Waals surface area contributed by atoms with Gasteiger partial charge < -0.3 is 4.90 Å². The molecule has 1 aromatic rings. The van der Waals surface area contributed by atoms with Gasteiger partial charge in [0, 0.05) is 25.9 Å². The summed E-state index contributed by atoms with van der Waals surface area (Å²) in [7, 11) is 3.88. The van der Waals surface area contributed by atoms with Crippen LogP contribution in [0.1, 0.15) is 5.69 Å². The van der Waals surface area contributed by atoms with Gasteiger partial charge in [0.05, 0.1) is 0 Å². The van der Waals surface area contributed by atoms with Crippen LogP contribution in [0.2, 0.25) is 0 Å². The van der Waals surface area contributed by atoms with Crippen LogP contribution < -0.4 is 4.90 Å². The quantitative estimate of drug-likeness (QED) is 0.567. The first kappa shape index (κ1) is 6.99. The summed E-state index contributed by atoms with van der Waals surface area (Å²) in [5.41, 5.74) is 0.943. The van der Waals surface area contributed by atoms with E-state index < -0.39 is 0 Å². The summed E-state index contributed by atoms with van der Waals surface area (Å²) >= 11 is 0. The van der Waals surface area contributed by atoms with Gasteiger partial charge in [-0.1, -0.05) is 0 Å². The Bertz CT molecular complexity index is 220. The Morgan fingerprint density at radius 2 is 2.10 bits per heavy atom. The summed E-state index contributed by atoms with van der Waals surface area (Å²) in [6.45, 7) is 1.92. The van der Waals surface area contributed by atoms with E-state index in [2.05, 4.69) is 16.3 Å². The van der Waals surface area contributed by atoms with Crippen LogP contribution in [0, 0.1) is 13.3 Å². The third kappa shape index (κ3) is 1.43. The Hall–Kier alpha value is -1.12. The molecule has 0 spiro atoms. The van der Waals surface area contributed by atoms with Crippen LogP contribution >= 0.6 is 0 Å². The van der Waals surface area contributed by atoms with Crippen molar-refractivity contribution in [3.8, 4) is 0 Å². The Kier molecular flexibility index (Phi) is 1.85. The zero-order chi connectivity index (χ0) is 7.56. The highest BCUT2D eigenvalue weighted by molar-refractivity contribution is 5.35. The molecule has 10 heavy (non-hydrogen) atoms. The first-order valence-corrected chi connectivity index (χ1v) is 3.09. The van der Waals surface area contributed by atoms with E-state index in [0.717, 1.165) is 11.5 Å². The van der Waals surface area contributed by atoms with Gasteiger partial charge in [-0.15, -0.1) is 0 Å². The molecule has 53 valence electrons. The third-order valence-electron chi connectivity index (χ3n) is 1.19. The van der Waals surface area contributed by atoms with E-state index in [-0.39, 0.29) is 0 Å². The molecular formula is C7H10N3.